The molecule has 5 nitrogen and oxygen atoms in total. The average Bonchev–Trinajstić information content (AvgIpc) is 2.84. The van der Waals surface area contributed by atoms with Crippen molar-refractivity contribution in [1.82, 2.24) is 15.5 Å². The van der Waals surface area contributed by atoms with Gasteiger partial charge < -0.3 is 14.6 Å². The van der Waals surface area contributed by atoms with E-state index in [1.54, 1.807) is 7.11 Å². The molecule has 90 valence electrons. The van der Waals surface area contributed by atoms with Gasteiger partial charge in [0, 0.05) is 11.0 Å². The summed E-state index contributed by atoms with van der Waals surface area (Å²) < 4.78 is 10.9. The third-order valence-electron chi connectivity index (χ3n) is 2.26. The van der Waals surface area contributed by atoms with Crippen LogP contribution < -0.4 is 10.1 Å². The fourth-order valence-corrected chi connectivity index (χ4v) is 1.78. The third-order valence-corrected chi connectivity index (χ3v) is 3.03. The number of nitrogens with one attached hydrogen (secondary N) is 1. The Balaban J connectivity index is 1.94. The summed E-state index contributed by atoms with van der Waals surface area (Å²) in [5.41, 5.74) is 1.12. The van der Waals surface area contributed by atoms with Crippen LogP contribution in [0.2, 0.25) is 0 Å². The van der Waals surface area contributed by atoms with Crippen LogP contribution in [-0.2, 0) is 13.1 Å². The highest BCUT2D eigenvalue weighted by molar-refractivity contribution is 9.10. The zero-order chi connectivity index (χ0) is 12.1. The second-order valence-electron chi connectivity index (χ2n) is 3.41. The topological polar surface area (TPSA) is 60.2 Å². The van der Waals surface area contributed by atoms with Gasteiger partial charge in [-0.05, 0) is 23.8 Å². The van der Waals surface area contributed by atoms with Crippen LogP contribution in [0.4, 0.5) is 0 Å². The number of ether oxygens (including phenoxy) is 1. The van der Waals surface area contributed by atoms with Crippen LogP contribution in [0.25, 0.3) is 0 Å². The van der Waals surface area contributed by atoms with Crippen LogP contribution in [0, 0.1) is 0 Å². The minimum absolute atomic E-state index is 0.570. The number of methoxy groups -OCH3 is 1. The van der Waals surface area contributed by atoms with E-state index < -0.39 is 0 Å². The molecule has 0 saturated carbocycles. The van der Waals surface area contributed by atoms with Gasteiger partial charge >= 0.3 is 0 Å². The van der Waals surface area contributed by atoms with E-state index in [0.29, 0.717) is 18.9 Å². The zero-order valence-corrected chi connectivity index (χ0v) is 10.9. The largest absolute Gasteiger partial charge is 0.497 e. The minimum Gasteiger partial charge on any atom is -0.497 e. The van der Waals surface area contributed by atoms with Crippen molar-refractivity contribution in [3.8, 4) is 5.75 Å². The highest BCUT2D eigenvalue weighted by atomic mass is 79.9. The number of nitrogens with zero attached hydrogens (tertiary/aromatic N) is 2. The molecular formula is C11H12BrN3O2. The summed E-state index contributed by atoms with van der Waals surface area (Å²) in [6.07, 6.45) is 1.32. The number of aromatic nitrogens is 2. The van der Waals surface area contributed by atoms with Gasteiger partial charge in [0.2, 0.25) is 6.39 Å². The molecule has 0 fully saturated rings. The van der Waals surface area contributed by atoms with E-state index in [0.717, 1.165) is 15.8 Å². The van der Waals surface area contributed by atoms with Gasteiger partial charge in [0.25, 0.3) is 0 Å². The maximum Gasteiger partial charge on any atom is 0.213 e. The molecule has 1 N–H and O–H groups in total. The number of halogens is 1. The van der Waals surface area contributed by atoms with Crippen molar-refractivity contribution in [2.75, 3.05) is 7.11 Å². The van der Waals surface area contributed by atoms with Crippen molar-refractivity contribution < 1.29 is 9.26 Å². The lowest BCUT2D eigenvalue weighted by molar-refractivity contribution is 0.407. The summed E-state index contributed by atoms with van der Waals surface area (Å²) >= 11 is 3.49. The molecule has 0 bridgehead atoms. The predicted octanol–water partition coefficient (Wildman–Crippen LogP) is 2.13. The van der Waals surface area contributed by atoms with Crippen LogP contribution in [0.1, 0.15) is 11.4 Å². The van der Waals surface area contributed by atoms with Crippen LogP contribution >= 0.6 is 15.9 Å². The maximum absolute atomic E-state index is 5.17. The first kappa shape index (κ1) is 12.1. The van der Waals surface area contributed by atoms with Crippen molar-refractivity contribution in [3.63, 3.8) is 0 Å². The van der Waals surface area contributed by atoms with E-state index in [-0.39, 0.29) is 0 Å². The monoisotopic (exact) mass is 297 g/mol. The molecule has 1 aromatic carbocycles. The number of benzene rings is 1. The van der Waals surface area contributed by atoms with Gasteiger partial charge in [0.1, 0.15) is 5.75 Å². The average molecular weight is 298 g/mol. The molecule has 0 saturated heterocycles. The van der Waals surface area contributed by atoms with Crippen LogP contribution in [0.5, 0.6) is 5.75 Å². The summed E-state index contributed by atoms with van der Waals surface area (Å²) in [6.45, 7) is 1.27. The third kappa shape index (κ3) is 3.28. The quantitative estimate of drug-likeness (QED) is 0.916. The smallest absolute Gasteiger partial charge is 0.213 e. The number of rotatable bonds is 5. The summed E-state index contributed by atoms with van der Waals surface area (Å²) in [4.78, 5) is 3.93. The highest BCUT2D eigenvalue weighted by Gasteiger charge is 2.03. The fourth-order valence-electron chi connectivity index (χ4n) is 1.39. The second-order valence-corrected chi connectivity index (χ2v) is 4.26. The van der Waals surface area contributed by atoms with E-state index >= 15 is 0 Å². The Morgan fingerprint density at radius 3 is 3.00 bits per heavy atom. The Morgan fingerprint density at radius 1 is 1.41 bits per heavy atom. The lowest BCUT2D eigenvalue weighted by atomic mass is 10.2. The van der Waals surface area contributed by atoms with Crippen LogP contribution in [0.15, 0.2) is 33.6 Å². The van der Waals surface area contributed by atoms with Crippen molar-refractivity contribution in [1.29, 1.82) is 0 Å². The normalized spacial score (nSPS) is 10.5. The summed E-state index contributed by atoms with van der Waals surface area (Å²) in [5.74, 6) is 1.48. The first-order chi connectivity index (χ1) is 8.29. The molecule has 0 aliphatic rings. The Bertz CT molecular complexity index is 474. The summed E-state index contributed by atoms with van der Waals surface area (Å²) in [6, 6.07) is 5.85. The zero-order valence-electron chi connectivity index (χ0n) is 9.31. The molecule has 2 rings (SSSR count). The minimum atomic E-state index is 0.570. The molecule has 1 aromatic heterocycles. The van der Waals surface area contributed by atoms with Gasteiger partial charge in [-0.2, -0.15) is 4.98 Å². The van der Waals surface area contributed by atoms with Crippen LogP contribution in [0.3, 0.4) is 0 Å². The molecule has 2 aromatic rings. The van der Waals surface area contributed by atoms with E-state index in [1.807, 2.05) is 18.2 Å². The van der Waals surface area contributed by atoms with Gasteiger partial charge in [-0.25, -0.2) is 0 Å². The predicted molar refractivity (Wildman–Crippen MR) is 65.5 cm³/mol. The lowest BCUT2D eigenvalue weighted by Gasteiger charge is -2.07. The van der Waals surface area contributed by atoms with Crippen molar-refractivity contribution in [2.24, 2.45) is 0 Å². The second kappa shape index (κ2) is 5.79. The molecule has 0 radical (unpaired) electrons. The molecule has 0 aliphatic carbocycles. The maximum atomic E-state index is 5.17. The van der Waals surface area contributed by atoms with Crippen molar-refractivity contribution in [2.45, 2.75) is 13.1 Å². The molecule has 1 heterocycles. The van der Waals surface area contributed by atoms with Gasteiger partial charge in [-0.1, -0.05) is 21.1 Å². The van der Waals surface area contributed by atoms with E-state index in [4.69, 9.17) is 4.74 Å². The standard InChI is InChI=1S/C11H12BrN3O2/c1-16-9-2-3-10(12)8(4-9)5-13-6-11-14-7-17-15-11/h2-4,7,13H,5-6H2,1H3. The molecule has 0 amide bonds. The van der Waals surface area contributed by atoms with Crippen molar-refractivity contribution >= 4 is 15.9 Å². The molecule has 6 heteroatoms. The summed E-state index contributed by atoms with van der Waals surface area (Å²) in [5, 5.41) is 6.94. The molecule has 17 heavy (non-hydrogen) atoms. The van der Waals surface area contributed by atoms with Gasteiger partial charge in [-0.3, -0.25) is 0 Å². The van der Waals surface area contributed by atoms with Gasteiger partial charge in [0.15, 0.2) is 5.82 Å². The van der Waals surface area contributed by atoms with Gasteiger partial charge in [-0.15, -0.1) is 0 Å². The highest BCUT2D eigenvalue weighted by Crippen LogP contribution is 2.22. The SMILES string of the molecule is COc1ccc(Br)c(CNCc2ncon2)c1. The fraction of sp³-hybridized carbons (Fsp3) is 0.273. The Morgan fingerprint density at radius 2 is 2.29 bits per heavy atom. The number of hydrogen-bond acceptors (Lipinski definition) is 5. The molecule has 0 aliphatic heterocycles. The Hall–Kier alpha value is -1.40. The Kier molecular flexibility index (Phi) is 4.11. The molecular weight excluding hydrogens is 286 g/mol. The molecule has 0 unspecified atom stereocenters. The van der Waals surface area contributed by atoms with Gasteiger partial charge in [0.05, 0.1) is 13.7 Å². The summed E-state index contributed by atoms with van der Waals surface area (Å²) in [7, 11) is 1.65. The first-order valence-electron chi connectivity index (χ1n) is 5.08. The molecule has 0 atom stereocenters. The lowest BCUT2D eigenvalue weighted by Crippen LogP contribution is -2.14. The first-order valence-corrected chi connectivity index (χ1v) is 5.87. The Labute approximate surface area is 107 Å². The molecule has 0 spiro atoms. The van der Waals surface area contributed by atoms with Crippen molar-refractivity contribution in [3.05, 3.63) is 40.5 Å². The van der Waals surface area contributed by atoms with E-state index in [9.17, 15) is 0 Å². The number of hydrogen-bond donors (Lipinski definition) is 1. The van der Waals surface area contributed by atoms with E-state index in [1.165, 1.54) is 6.39 Å². The van der Waals surface area contributed by atoms with Crippen LogP contribution in [-0.4, -0.2) is 17.3 Å². The van der Waals surface area contributed by atoms with E-state index in [2.05, 4.69) is 35.9 Å².